The van der Waals surface area contributed by atoms with Crippen molar-refractivity contribution in [1.82, 2.24) is 9.55 Å². The van der Waals surface area contributed by atoms with E-state index in [0.29, 0.717) is 22.5 Å². The number of hydrogen-bond donors (Lipinski definition) is 1. The van der Waals surface area contributed by atoms with E-state index in [2.05, 4.69) is 18.7 Å². The smallest absolute Gasteiger partial charge is 0.337 e. The monoisotopic (exact) mass is 629 g/mol. The van der Waals surface area contributed by atoms with Gasteiger partial charge in [0.25, 0.3) is 5.56 Å². The molecular weight excluding hydrogens is 585 g/mol. The fraction of sp³-hybridized carbons (Fsp3) is 0.432. The Kier molecular flexibility index (Phi) is 9.01. The van der Waals surface area contributed by atoms with Gasteiger partial charge in [-0.05, 0) is 88.3 Å². The minimum Gasteiger partial charge on any atom is -0.488 e. The predicted octanol–water partition coefficient (Wildman–Crippen LogP) is 7.50. The van der Waals surface area contributed by atoms with E-state index in [9.17, 15) is 19.1 Å². The van der Waals surface area contributed by atoms with Gasteiger partial charge in [0.2, 0.25) is 0 Å². The molecule has 0 radical (unpaired) electrons. The van der Waals surface area contributed by atoms with E-state index in [-0.39, 0.29) is 23.4 Å². The number of aromatic nitrogens is 2. The van der Waals surface area contributed by atoms with Crippen LogP contribution in [0.5, 0.6) is 5.75 Å². The fourth-order valence-electron chi connectivity index (χ4n) is 6.20. The lowest BCUT2D eigenvalue weighted by molar-refractivity contribution is -0.160. The molecule has 1 atom stereocenters. The molecule has 1 fully saturated rings. The number of anilines is 1. The van der Waals surface area contributed by atoms with E-state index in [1.165, 1.54) is 18.2 Å². The van der Waals surface area contributed by atoms with Crippen molar-refractivity contribution in [2.45, 2.75) is 79.6 Å². The van der Waals surface area contributed by atoms with Gasteiger partial charge in [0.15, 0.2) is 6.10 Å². The number of piperidine rings is 1. The second-order valence-electron chi connectivity index (χ2n) is 14.1. The summed E-state index contributed by atoms with van der Waals surface area (Å²) in [5.74, 6) is -0.999. The standard InChI is InChI=1S/C37H44FN3O5/c1-22-31(25-11-14-28-27(19-25)29(20-30(42)40(28)8)45-21-24-9-12-26(38)13-10-24)33(41-17-15-37(6,7)16-18-41)32(23(2)39-22)34(35(43)44)46-36(3,4)5/h9-14,19-20,34H,15-18,21H2,1-8H3,(H,43,44). The van der Waals surface area contributed by atoms with Crippen molar-refractivity contribution in [2.24, 2.45) is 12.5 Å². The maximum atomic E-state index is 13.5. The van der Waals surface area contributed by atoms with Crippen LogP contribution in [0.3, 0.4) is 0 Å². The van der Waals surface area contributed by atoms with E-state index in [0.717, 1.165) is 59.4 Å². The molecule has 5 rings (SSSR count). The largest absolute Gasteiger partial charge is 0.488 e. The van der Waals surface area contributed by atoms with E-state index in [1.807, 2.05) is 52.8 Å². The summed E-state index contributed by atoms with van der Waals surface area (Å²) in [4.78, 5) is 33.0. The lowest BCUT2D eigenvalue weighted by Gasteiger charge is -2.41. The molecule has 1 aliphatic heterocycles. The summed E-state index contributed by atoms with van der Waals surface area (Å²) in [5, 5.41) is 11.2. The molecule has 1 N–H and O–H groups in total. The van der Waals surface area contributed by atoms with Crippen LogP contribution in [0.4, 0.5) is 10.1 Å². The van der Waals surface area contributed by atoms with Crippen LogP contribution in [-0.2, 0) is 23.2 Å². The van der Waals surface area contributed by atoms with Gasteiger partial charge in [-0.2, -0.15) is 0 Å². The average molecular weight is 630 g/mol. The van der Waals surface area contributed by atoms with Crippen LogP contribution in [0.1, 0.15) is 76.1 Å². The molecule has 46 heavy (non-hydrogen) atoms. The van der Waals surface area contributed by atoms with Gasteiger partial charge in [-0.15, -0.1) is 0 Å². The topological polar surface area (TPSA) is 93.9 Å². The van der Waals surface area contributed by atoms with Gasteiger partial charge >= 0.3 is 5.97 Å². The Morgan fingerprint density at radius 2 is 1.70 bits per heavy atom. The molecule has 0 bridgehead atoms. The average Bonchev–Trinajstić information content (AvgIpc) is 2.97. The van der Waals surface area contributed by atoms with E-state index < -0.39 is 17.7 Å². The fourth-order valence-corrected chi connectivity index (χ4v) is 6.20. The summed E-state index contributed by atoms with van der Waals surface area (Å²) in [5.41, 5.74) is 5.08. The minimum absolute atomic E-state index is 0.154. The number of rotatable bonds is 8. The highest BCUT2D eigenvalue weighted by Gasteiger charge is 2.36. The Bertz CT molecular complexity index is 1830. The normalized spacial score (nSPS) is 15.6. The number of halogens is 1. The Labute approximate surface area is 269 Å². The van der Waals surface area contributed by atoms with Crippen LogP contribution in [-0.4, -0.2) is 39.3 Å². The molecular formula is C37H44FN3O5. The molecule has 0 aliphatic carbocycles. The van der Waals surface area contributed by atoms with Crippen molar-refractivity contribution in [2.75, 3.05) is 18.0 Å². The third kappa shape index (κ3) is 6.94. The first-order valence-corrected chi connectivity index (χ1v) is 15.7. The van der Waals surface area contributed by atoms with Crippen molar-refractivity contribution in [3.63, 3.8) is 0 Å². The number of aryl methyl sites for hydroxylation is 3. The highest BCUT2D eigenvalue weighted by molar-refractivity contribution is 5.94. The summed E-state index contributed by atoms with van der Waals surface area (Å²) < 4.78 is 27.5. The molecule has 2 aromatic heterocycles. The number of pyridine rings is 2. The first-order chi connectivity index (χ1) is 21.5. The molecule has 4 aromatic rings. The van der Waals surface area contributed by atoms with Gasteiger partial charge in [-0.3, -0.25) is 9.78 Å². The molecule has 0 spiro atoms. The van der Waals surface area contributed by atoms with Gasteiger partial charge in [0, 0.05) is 54.1 Å². The minimum atomic E-state index is -1.23. The van der Waals surface area contributed by atoms with Gasteiger partial charge in [-0.1, -0.05) is 32.0 Å². The van der Waals surface area contributed by atoms with E-state index in [1.54, 1.807) is 23.7 Å². The summed E-state index contributed by atoms with van der Waals surface area (Å²) in [6.07, 6.45) is 0.671. The Morgan fingerprint density at radius 3 is 2.30 bits per heavy atom. The SMILES string of the molecule is Cc1nc(C)c(C(OC(C)(C)C)C(=O)O)c(N2CCC(C)(C)CC2)c1-c1ccc2c(c1)c(OCc1ccc(F)cc1)cc(=O)n2C. The molecule has 9 heteroatoms. The molecule has 244 valence electrons. The Hall–Kier alpha value is -4.24. The first-order valence-electron chi connectivity index (χ1n) is 15.7. The van der Waals surface area contributed by atoms with Crippen LogP contribution in [0.15, 0.2) is 53.3 Å². The van der Waals surface area contributed by atoms with Crippen molar-refractivity contribution in [3.05, 3.63) is 87.2 Å². The molecule has 3 heterocycles. The van der Waals surface area contributed by atoms with Crippen molar-refractivity contribution >= 4 is 22.6 Å². The second-order valence-corrected chi connectivity index (χ2v) is 14.1. The number of fused-ring (bicyclic) bond motifs is 1. The molecule has 1 saturated heterocycles. The molecule has 8 nitrogen and oxygen atoms in total. The van der Waals surface area contributed by atoms with Gasteiger partial charge < -0.3 is 24.0 Å². The number of carboxylic acids is 1. The molecule has 1 unspecified atom stereocenters. The van der Waals surface area contributed by atoms with Crippen LogP contribution < -0.4 is 15.2 Å². The number of hydrogen-bond acceptors (Lipinski definition) is 6. The number of nitrogens with zero attached hydrogens (tertiary/aromatic N) is 3. The lowest BCUT2D eigenvalue weighted by Crippen LogP contribution is -2.39. The maximum Gasteiger partial charge on any atom is 0.337 e. The third-order valence-electron chi connectivity index (χ3n) is 8.77. The van der Waals surface area contributed by atoms with E-state index in [4.69, 9.17) is 14.5 Å². The van der Waals surface area contributed by atoms with Crippen molar-refractivity contribution in [1.29, 1.82) is 0 Å². The Morgan fingerprint density at radius 1 is 1.04 bits per heavy atom. The zero-order valence-corrected chi connectivity index (χ0v) is 28.0. The zero-order valence-electron chi connectivity index (χ0n) is 28.0. The number of ether oxygens (including phenoxy) is 2. The Balaban J connectivity index is 1.73. The first kappa shape index (κ1) is 33.1. The molecule has 0 saturated carbocycles. The molecule has 2 aromatic carbocycles. The van der Waals surface area contributed by atoms with Crippen LogP contribution in [0.25, 0.3) is 22.0 Å². The van der Waals surface area contributed by atoms with Crippen LogP contribution >= 0.6 is 0 Å². The zero-order chi connectivity index (χ0) is 33.6. The van der Waals surface area contributed by atoms with Gasteiger partial charge in [-0.25, -0.2) is 9.18 Å². The second kappa shape index (κ2) is 12.5. The molecule has 1 aliphatic rings. The highest BCUT2D eigenvalue weighted by atomic mass is 19.1. The summed E-state index contributed by atoms with van der Waals surface area (Å²) >= 11 is 0. The summed E-state index contributed by atoms with van der Waals surface area (Å²) in [6, 6.07) is 13.3. The van der Waals surface area contributed by atoms with Crippen LogP contribution in [0, 0.1) is 25.1 Å². The van der Waals surface area contributed by atoms with Crippen molar-refractivity contribution in [3.8, 4) is 16.9 Å². The third-order valence-corrected chi connectivity index (χ3v) is 8.77. The number of carbonyl (C=O) groups is 1. The highest BCUT2D eigenvalue weighted by Crippen LogP contribution is 2.45. The number of benzene rings is 2. The summed E-state index contributed by atoms with van der Waals surface area (Å²) in [6.45, 7) is 15.5. The van der Waals surface area contributed by atoms with E-state index >= 15 is 0 Å². The van der Waals surface area contributed by atoms with Crippen LogP contribution in [0.2, 0.25) is 0 Å². The quantitative estimate of drug-likeness (QED) is 0.216. The van der Waals surface area contributed by atoms with Gasteiger partial charge in [0.1, 0.15) is 18.2 Å². The predicted molar refractivity (Wildman–Crippen MR) is 179 cm³/mol. The molecule has 0 amide bonds. The lowest BCUT2D eigenvalue weighted by atomic mass is 9.81. The van der Waals surface area contributed by atoms with Crippen molar-refractivity contribution < 1.29 is 23.8 Å². The number of carboxylic acid groups (broad SMARTS) is 1. The number of aliphatic carboxylic acids is 1. The maximum absolute atomic E-state index is 13.5. The summed E-state index contributed by atoms with van der Waals surface area (Å²) in [7, 11) is 1.72. The van der Waals surface area contributed by atoms with Gasteiger partial charge in [0.05, 0.1) is 16.8 Å².